The fourth-order valence-electron chi connectivity index (χ4n) is 3.06. The smallest absolute Gasteiger partial charge is 0.279 e. The fourth-order valence-corrected chi connectivity index (χ4v) is 4.54. The summed E-state index contributed by atoms with van der Waals surface area (Å²) in [5.74, 6) is 0.873. The molecule has 0 aromatic heterocycles. The first kappa shape index (κ1) is 15.2. The standard InChI is InChI=1S/C13H26N2O3S/c1-11-7-12(2)10-15(9-11)19(16,17)14-8-13-5-3-4-6-18-13/h11-14H,3-10H2,1-2H3. The van der Waals surface area contributed by atoms with Gasteiger partial charge < -0.3 is 4.74 Å². The number of hydrogen-bond acceptors (Lipinski definition) is 3. The van der Waals surface area contributed by atoms with Crippen molar-refractivity contribution < 1.29 is 13.2 Å². The predicted octanol–water partition coefficient (Wildman–Crippen LogP) is 1.37. The second-order valence-corrected chi connectivity index (χ2v) is 7.86. The van der Waals surface area contributed by atoms with E-state index >= 15 is 0 Å². The van der Waals surface area contributed by atoms with Gasteiger partial charge in [0.2, 0.25) is 0 Å². The van der Waals surface area contributed by atoms with E-state index in [0.29, 0.717) is 31.5 Å². The number of hydrogen-bond donors (Lipinski definition) is 1. The average molecular weight is 290 g/mol. The summed E-state index contributed by atoms with van der Waals surface area (Å²) in [5.41, 5.74) is 0. The van der Waals surface area contributed by atoms with E-state index in [2.05, 4.69) is 18.6 Å². The summed E-state index contributed by atoms with van der Waals surface area (Å²) in [7, 11) is -3.35. The van der Waals surface area contributed by atoms with Crippen molar-refractivity contribution >= 4 is 10.2 Å². The van der Waals surface area contributed by atoms with Gasteiger partial charge in [0.1, 0.15) is 0 Å². The van der Waals surface area contributed by atoms with Gasteiger partial charge in [-0.2, -0.15) is 17.4 Å². The molecule has 2 saturated heterocycles. The highest BCUT2D eigenvalue weighted by atomic mass is 32.2. The lowest BCUT2D eigenvalue weighted by molar-refractivity contribution is 0.0197. The normalized spacial score (nSPS) is 34.3. The van der Waals surface area contributed by atoms with E-state index in [1.54, 1.807) is 4.31 Å². The quantitative estimate of drug-likeness (QED) is 0.850. The molecule has 2 aliphatic rings. The third-order valence-corrected chi connectivity index (χ3v) is 5.45. The minimum atomic E-state index is -3.35. The number of nitrogens with one attached hydrogen (secondary N) is 1. The van der Waals surface area contributed by atoms with Crippen molar-refractivity contribution in [3.63, 3.8) is 0 Å². The molecule has 1 N–H and O–H groups in total. The molecule has 19 heavy (non-hydrogen) atoms. The molecule has 0 aliphatic carbocycles. The number of rotatable bonds is 4. The van der Waals surface area contributed by atoms with Crippen LogP contribution in [0.3, 0.4) is 0 Å². The summed E-state index contributed by atoms with van der Waals surface area (Å²) in [6, 6.07) is 0. The first-order valence-corrected chi connectivity index (χ1v) is 8.77. The summed E-state index contributed by atoms with van der Waals surface area (Å²) in [6.45, 7) is 6.65. The first-order chi connectivity index (χ1) is 8.97. The monoisotopic (exact) mass is 290 g/mol. The molecule has 0 saturated carbocycles. The molecule has 2 aliphatic heterocycles. The van der Waals surface area contributed by atoms with Gasteiger partial charge in [0.25, 0.3) is 10.2 Å². The van der Waals surface area contributed by atoms with Crippen LogP contribution in [0.5, 0.6) is 0 Å². The summed E-state index contributed by atoms with van der Waals surface area (Å²) in [5, 5.41) is 0. The molecular weight excluding hydrogens is 264 g/mol. The molecule has 6 heteroatoms. The van der Waals surface area contributed by atoms with Crippen molar-refractivity contribution in [2.45, 2.75) is 45.6 Å². The molecular formula is C13H26N2O3S. The van der Waals surface area contributed by atoms with Crippen molar-refractivity contribution in [2.24, 2.45) is 11.8 Å². The lowest BCUT2D eigenvalue weighted by atomic mass is 9.94. The molecule has 0 radical (unpaired) electrons. The van der Waals surface area contributed by atoms with Crippen LogP contribution in [0.2, 0.25) is 0 Å². The van der Waals surface area contributed by atoms with E-state index in [9.17, 15) is 8.42 Å². The van der Waals surface area contributed by atoms with Gasteiger partial charge in [-0.05, 0) is 37.5 Å². The van der Waals surface area contributed by atoms with E-state index in [4.69, 9.17) is 4.74 Å². The third kappa shape index (κ3) is 4.41. The topological polar surface area (TPSA) is 58.6 Å². The van der Waals surface area contributed by atoms with E-state index in [-0.39, 0.29) is 6.10 Å². The van der Waals surface area contributed by atoms with Crippen LogP contribution in [0, 0.1) is 11.8 Å². The van der Waals surface area contributed by atoms with Crippen LogP contribution in [0.1, 0.15) is 39.5 Å². The molecule has 2 fully saturated rings. The summed E-state index contributed by atoms with van der Waals surface area (Å²) >= 11 is 0. The Balaban J connectivity index is 1.86. The molecule has 2 rings (SSSR count). The lowest BCUT2D eigenvalue weighted by Crippen LogP contribution is -2.49. The van der Waals surface area contributed by atoms with Crippen molar-refractivity contribution in [3.8, 4) is 0 Å². The molecule has 2 heterocycles. The Morgan fingerprint density at radius 2 is 1.89 bits per heavy atom. The van der Waals surface area contributed by atoms with Crippen molar-refractivity contribution in [3.05, 3.63) is 0 Å². The Morgan fingerprint density at radius 1 is 1.21 bits per heavy atom. The van der Waals surface area contributed by atoms with Crippen molar-refractivity contribution in [1.82, 2.24) is 9.03 Å². The molecule has 0 aromatic rings. The van der Waals surface area contributed by atoms with Crippen molar-refractivity contribution in [2.75, 3.05) is 26.2 Å². The van der Waals surface area contributed by atoms with Gasteiger partial charge >= 0.3 is 0 Å². The van der Waals surface area contributed by atoms with Crippen LogP contribution in [0.15, 0.2) is 0 Å². The van der Waals surface area contributed by atoms with E-state index in [1.807, 2.05) is 0 Å². The van der Waals surface area contributed by atoms with E-state index in [1.165, 1.54) is 0 Å². The largest absolute Gasteiger partial charge is 0.377 e. The van der Waals surface area contributed by atoms with E-state index < -0.39 is 10.2 Å². The maximum absolute atomic E-state index is 12.3. The van der Waals surface area contributed by atoms with Gasteiger partial charge in [0, 0.05) is 26.2 Å². The fraction of sp³-hybridized carbons (Fsp3) is 1.00. The average Bonchev–Trinajstić information content (AvgIpc) is 2.37. The molecule has 5 nitrogen and oxygen atoms in total. The molecule has 0 amide bonds. The molecule has 0 aromatic carbocycles. The van der Waals surface area contributed by atoms with Gasteiger partial charge in [0.05, 0.1) is 6.10 Å². The summed E-state index contributed by atoms with van der Waals surface area (Å²) in [4.78, 5) is 0. The zero-order valence-corrected chi connectivity index (χ0v) is 12.8. The van der Waals surface area contributed by atoms with Crippen LogP contribution in [0.4, 0.5) is 0 Å². The zero-order valence-electron chi connectivity index (χ0n) is 12.0. The minimum absolute atomic E-state index is 0.0446. The highest BCUT2D eigenvalue weighted by Crippen LogP contribution is 2.22. The maximum Gasteiger partial charge on any atom is 0.279 e. The molecule has 3 atom stereocenters. The highest BCUT2D eigenvalue weighted by Gasteiger charge is 2.30. The van der Waals surface area contributed by atoms with Crippen molar-refractivity contribution in [1.29, 1.82) is 0 Å². The van der Waals surface area contributed by atoms with E-state index in [0.717, 1.165) is 32.3 Å². The summed E-state index contributed by atoms with van der Waals surface area (Å²) < 4.78 is 34.4. The second kappa shape index (κ2) is 6.52. The Kier molecular flexibility index (Phi) is 5.22. The van der Waals surface area contributed by atoms with Gasteiger partial charge in [-0.3, -0.25) is 0 Å². The van der Waals surface area contributed by atoms with Crippen LogP contribution < -0.4 is 4.72 Å². The molecule has 0 bridgehead atoms. The number of nitrogens with zero attached hydrogens (tertiary/aromatic N) is 1. The number of ether oxygens (including phenoxy) is 1. The maximum atomic E-state index is 12.3. The van der Waals surface area contributed by atoms with Crippen LogP contribution in [0.25, 0.3) is 0 Å². The molecule has 3 unspecified atom stereocenters. The van der Waals surface area contributed by atoms with Gasteiger partial charge in [-0.15, -0.1) is 0 Å². The lowest BCUT2D eigenvalue weighted by Gasteiger charge is -2.34. The van der Waals surface area contributed by atoms with Crippen LogP contribution in [-0.2, 0) is 14.9 Å². The van der Waals surface area contributed by atoms with Crippen LogP contribution in [-0.4, -0.2) is 45.1 Å². The van der Waals surface area contributed by atoms with Gasteiger partial charge in [-0.1, -0.05) is 13.8 Å². The molecule has 0 spiro atoms. The highest BCUT2D eigenvalue weighted by molar-refractivity contribution is 7.87. The first-order valence-electron chi connectivity index (χ1n) is 7.33. The Bertz CT molecular complexity index is 369. The molecule has 112 valence electrons. The number of piperidine rings is 1. The SMILES string of the molecule is CC1CC(C)CN(S(=O)(=O)NCC2CCCCO2)C1. The minimum Gasteiger partial charge on any atom is -0.377 e. The summed E-state index contributed by atoms with van der Waals surface area (Å²) in [6.07, 6.45) is 4.32. The second-order valence-electron chi connectivity index (χ2n) is 6.11. The van der Waals surface area contributed by atoms with Crippen LogP contribution >= 0.6 is 0 Å². The Morgan fingerprint density at radius 3 is 2.47 bits per heavy atom. The predicted molar refractivity (Wildman–Crippen MR) is 75.0 cm³/mol. The Labute approximate surface area is 116 Å². The van der Waals surface area contributed by atoms with Gasteiger partial charge in [-0.25, -0.2) is 0 Å². The third-order valence-electron chi connectivity index (χ3n) is 3.94. The Hall–Kier alpha value is -0.170. The zero-order chi connectivity index (χ0) is 13.9. The van der Waals surface area contributed by atoms with Gasteiger partial charge in [0.15, 0.2) is 0 Å².